The van der Waals surface area contributed by atoms with Gasteiger partial charge < -0.3 is 5.32 Å². The molecule has 3 N–H and O–H groups in total. The number of carbonyl (C=O) groups excluding carboxylic acids is 1. The van der Waals surface area contributed by atoms with Crippen LogP contribution >= 0.6 is 0 Å². The minimum absolute atomic E-state index is 0.00536. The molecule has 1 atom stereocenters. The first kappa shape index (κ1) is 17.6. The third-order valence-corrected chi connectivity index (χ3v) is 4.17. The molecule has 0 aliphatic carbocycles. The van der Waals surface area contributed by atoms with Crippen LogP contribution in [0.15, 0.2) is 17.0 Å². The lowest BCUT2D eigenvalue weighted by atomic mass is 10.1. The largest absolute Gasteiger partial charge is 0.349 e. The monoisotopic (exact) mass is 316 g/mol. The van der Waals surface area contributed by atoms with Gasteiger partial charge in [-0.05, 0) is 37.5 Å². The molecule has 0 aliphatic heterocycles. The molecule has 0 heterocycles. The summed E-state index contributed by atoms with van der Waals surface area (Å²) in [6.45, 7) is 5.35. The van der Waals surface area contributed by atoms with Crippen molar-refractivity contribution in [2.75, 3.05) is 0 Å². The Kier molecular flexibility index (Phi) is 5.86. The zero-order chi connectivity index (χ0) is 16.2. The lowest BCUT2D eigenvalue weighted by Crippen LogP contribution is -2.34. The third kappa shape index (κ3) is 4.50. The minimum atomic E-state index is -4.21. The molecule has 1 aromatic carbocycles. The molecule has 0 aliphatic rings. The molecule has 118 valence electrons. The Balaban J connectivity index is 3.14. The van der Waals surface area contributed by atoms with Gasteiger partial charge in [0.05, 0.1) is 0 Å². The van der Waals surface area contributed by atoms with E-state index >= 15 is 0 Å². The maximum absolute atomic E-state index is 13.8. The van der Waals surface area contributed by atoms with E-state index in [2.05, 4.69) is 5.32 Å². The smallest absolute Gasteiger partial charge is 0.251 e. The van der Waals surface area contributed by atoms with Crippen LogP contribution < -0.4 is 10.5 Å². The van der Waals surface area contributed by atoms with Gasteiger partial charge in [-0.15, -0.1) is 0 Å². The van der Waals surface area contributed by atoms with Gasteiger partial charge in [0.1, 0.15) is 10.7 Å². The van der Waals surface area contributed by atoms with Gasteiger partial charge in [0.25, 0.3) is 5.91 Å². The molecule has 1 unspecified atom stereocenters. The summed E-state index contributed by atoms with van der Waals surface area (Å²) < 4.78 is 36.5. The molecule has 0 saturated heterocycles. The van der Waals surface area contributed by atoms with Crippen LogP contribution in [0.5, 0.6) is 0 Å². The second-order valence-electron chi connectivity index (χ2n) is 5.02. The molecule has 0 saturated carbocycles. The number of carbonyl (C=O) groups is 1. The van der Waals surface area contributed by atoms with Crippen LogP contribution in [0, 0.1) is 12.7 Å². The fourth-order valence-electron chi connectivity index (χ4n) is 2.07. The average molecular weight is 316 g/mol. The number of nitrogens with one attached hydrogen (secondary N) is 1. The average Bonchev–Trinajstić information content (AvgIpc) is 2.39. The fraction of sp³-hybridized carbons (Fsp3) is 0.500. The number of hydrogen-bond donors (Lipinski definition) is 2. The Bertz CT molecular complexity index is 629. The zero-order valence-corrected chi connectivity index (χ0v) is 13.3. The zero-order valence-electron chi connectivity index (χ0n) is 12.4. The number of benzene rings is 1. The Hall–Kier alpha value is -1.47. The van der Waals surface area contributed by atoms with Crippen molar-refractivity contribution in [3.63, 3.8) is 0 Å². The minimum Gasteiger partial charge on any atom is -0.349 e. The van der Waals surface area contributed by atoms with Crippen molar-refractivity contribution in [2.45, 2.75) is 51.0 Å². The number of amides is 1. The predicted molar refractivity (Wildman–Crippen MR) is 79.0 cm³/mol. The van der Waals surface area contributed by atoms with Gasteiger partial charge in [-0.2, -0.15) is 0 Å². The van der Waals surface area contributed by atoms with E-state index in [9.17, 15) is 17.6 Å². The predicted octanol–water partition coefficient (Wildman–Crippen LogP) is 2.09. The van der Waals surface area contributed by atoms with Crippen LogP contribution in [-0.2, 0) is 10.0 Å². The quantitative estimate of drug-likeness (QED) is 0.842. The number of halogens is 1. The molecule has 0 aromatic heterocycles. The summed E-state index contributed by atoms with van der Waals surface area (Å²) in [5.74, 6) is -1.35. The molecule has 0 radical (unpaired) electrons. The van der Waals surface area contributed by atoms with Crippen molar-refractivity contribution in [3.05, 3.63) is 29.1 Å². The number of primary sulfonamides is 1. The maximum atomic E-state index is 13.8. The number of aryl methyl sites for hydroxylation is 1. The van der Waals surface area contributed by atoms with Gasteiger partial charge in [0.2, 0.25) is 10.0 Å². The molecule has 21 heavy (non-hydrogen) atoms. The Morgan fingerprint density at radius 2 is 2.00 bits per heavy atom. The molecule has 5 nitrogen and oxygen atoms in total. The van der Waals surface area contributed by atoms with Gasteiger partial charge in [-0.3, -0.25) is 4.79 Å². The van der Waals surface area contributed by atoms with E-state index in [0.717, 1.165) is 25.3 Å². The van der Waals surface area contributed by atoms with Crippen LogP contribution in [0.2, 0.25) is 0 Å². The number of hydrogen-bond acceptors (Lipinski definition) is 3. The lowest BCUT2D eigenvalue weighted by molar-refractivity contribution is 0.0933. The first-order valence-electron chi connectivity index (χ1n) is 6.84. The van der Waals surface area contributed by atoms with Crippen molar-refractivity contribution in [2.24, 2.45) is 5.14 Å². The molecule has 0 bridgehead atoms. The summed E-state index contributed by atoms with van der Waals surface area (Å²) in [7, 11) is -4.21. The van der Waals surface area contributed by atoms with E-state index in [1.54, 1.807) is 0 Å². The highest BCUT2D eigenvalue weighted by Gasteiger charge is 2.20. The van der Waals surface area contributed by atoms with Gasteiger partial charge in [-0.1, -0.05) is 20.3 Å². The van der Waals surface area contributed by atoms with E-state index in [1.807, 2.05) is 13.8 Å². The Morgan fingerprint density at radius 3 is 2.48 bits per heavy atom. The van der Waals surface area contributed by atoms with Crippen LogP contribution in [-0.4, -0.2) is 20.4 Å². The molecule has 0 spiro atoms. The van der Waals surface area contributed by atoms with E-state index < -0.39 is 26.6 Å². The summed E-state index contributed by atoms with van der Waals surface area (Å²) in [5.41, 5.74) is 0.155. The molecule has 7 heteroatoms. The second-order valence-corrected chi connectivity index (χ2v) is 6.55. The molecular formula is C14H21FN2O3S. The van der Waals surface area contributed by atoms with Crippen LogP contribution in [0.4, 0.5) is 4.39 Å². The van der Waals surface area contributed by atoms with E-state index in [4.69, 9.17) is 5.14 Å². The highest BCUT2D eigenvalue weighted by Crippen LogP contribution is 2.19. The van der Waals surface area contributed by atoms with Crippen molar-refractivity contribution in [1.82, 2.24) is 5.32 Å². The summed E-state index contributed by atoms with van der Waals surface area (Å²) in [5, 5.41) is 7.78. The molecule has 0 fully saturated rings. The summed E-state index contributed by atoms with van der Waals surface area (Å²) in [6, 6.07) is 2.30. The number of nitrogens with two attached hydrogens (primary N) is 1. The molecule has 1 amide bonds. The van der Waals surface area contributed by atoms with Crippen molar-refractivity contribution in [3.8, 4) is 0 Å². The van der Waals surface area contributed by atoms with Gasteiger partial charge in [0, 0.05) is 11.6 Å². The normalized spacial score (nSPS) is 13.0. The van der Waals surface area contributed by atoms with Crippen molar-refractivity contribution in [1.29, 1.82) is 0 Å². The standard InChI is InChI=1S/C14H21FN2O3S/c1-4-6-11(5-2)17-14(18)10-7-9(3)13(15)12(8-10)21(16,19)20/h7-8,11H,4-6H2,1-3H3,(H,17,18)(H2,16,19,20). The Morgan fingerprint density at radius 1 is 1.38 bits per heavy atom. The summed E-state index contributed by atoms with van der Waals surface area (Å²) in [4.78, 5) is 11.5. The first-order chi connectivity index (χ1) is 9.70. The van der Waals surface area contributed by atoms with E-state index in [0.29, 0.717) is 0 Å². The number of rotatable bonds is 6. The summed E-state index contributed by atoms with van der Waals surface area (Å²) in [6.07, 6.45) is 2.51. The SMILES string of the molecule is CCCC(CC)NC(=O)c1cc(C)c(F)c(S(N)(=O)=O)c1. The lowest BCUT2D eigenvalue weighted by Gasteiger charge is -2.16. The molecule has 1 aromatic rings. The van der Waals surface area contributed by atoms with E-state index in [-0.39, 0.29) is 17.2 Å². The van der Waals surface area contributed by atoms with Gasteiger partial charge in [-0.25, -0.2) is 17.9 Å². The molecule has 1 rings (SSSR count). The second kappa shape index (κ2) is 7.00. The van der Waals surface area contributed by atoms with Gasteiger partial charge >= 0.3 is 0 Å². The third-order valence-electron chi connectivity index (χ3n) is 3.26. The first-order valence-corrected chi connectivity index (χ1v) is 8.39. The van der Waals surface area contributed by atoms with Crippen molar-refractivity contribution < 1.29 is 17.6 Å². The van der Waals surface area contributed by atoms with Crippen LogP contribution in [0.1, 0.15) is 49.0 Å². The summed E-state index contributed by atoms with van der Waals surface area (Å²) >= 11 is 0. The maximum Gasteiger partial charge on any atom is 0.251 e. The highest BCUT2D eigenvalue weighted by molar-refractivity contribution is 7.89. The van der Waals surface area contributed by atoms with Crippen LogP contribution in [0.25, 0.3) is 0 Å². The Labute approximate surface area is 124 Å². The highest BCUT2D eigenvalue weighted by atomic mass is 32.2. The molecular weight excluding hydrogens is 295 g/mol. The topological polar surface area (TPSA) is 89.3 Å². The van der Waals surface area contributed by atoms with E-state index in [1.165, 1.54) is 13.0 Å². The fourth-order valence-corrected chi connectivity index (χ4v) is 2.77. The van der Waals surface area contributed by atoms with Gasteiger partial charge in [0.15, 0.2) is 0 Å². The van der Waals surface area contributed by atoms with Crippen LogP contribution in [0.3, 0.4) is 0 Å². The van der Waals surface area contributed by atoms with Crippen molar-refractivity contribution >= 4 is 15.9 Å². The number of sulfonamides is 1.